The second kappa shape index (κ2) is 9.28. The summed E-state index contributed by atoms with van der Waals surface area (Å²) in [7, 11) is 0. The highest BCUT2D eigenvalue weighted by atomic mass is 35.5. The van der Waals surface area contributed by atoms with Gasteiger partial charge in [-0.05, 0) is 17.5 Å². The molecule has 0 unspecified atom stereocenters. The summed E-state index contributed by atoms with van der Waals surface area (Å²) < 4.78 is 0. The molecular formula is C12H17Cl2NO2. The van der Waals surface area contributed by atoms with Gasteiger partial charge < -0.3 is 10.4 Å². The fourth-order valence-corrected chi connectivity index (χ4v) is 1.51. The summed E-state index contributed by atoms with van der Waals surface area (Å²) in [4.78, 5) is 10.4. The van der Waals surface area contributed by atoms with E-state index in [0.717, 1.165) is 18.7 Å². The van der Waals surface area contributed by atoms with Gasteiger partial charge in [-0.25, -0.2) is 0 Å². The Bertz CT molecular complexity index is 328. The maximum absolute atomic E-state index is 10.4. The SMILES string of the molecule is Cl.O=C(O)CCc1ccc(CNCCCl)cc1. The first kappa shape index (κ1) is 16.2. The standard InChI is InChI=1S/C12H16ClNO2.ClH/c13-7-8-14-9-11-3-1-10(2-4-11)5-6-12(15)16;/h1-4,14H,5-9H2,(H,15,16);1H. The average molecular weight is 278 g/mol. The lowest BCUT2D eigenvalue weighted by Gasteiger charge is -2.04. The first-order valence-electron chi connectivity index (χ1n) is 5.28. The molecule has 0 spiro atoms. The van der Waals surface area contributed by atoms with E-state index in [-0.39, 0.29) is 18.8 Å². The molecule has 1 aromatic carbocycles. The number of hydrogen-bond acceptors (Lipinski definition) is 2. The van der Waals surface area contributed by atoms with E-state index in [0.29, 0.717) is 12.3 Å². The number of alkyl halides is 1. The van der Waals surface area contributed by atoms with Crippen LogP contribution in [-0.4, -0.2) is 23.5 Å². The number of aryl methyl sites for hydroxylation is 1. The van der Waals surface area contributed by atoms with Crippen molar-refractivity contribution in [3.63, 3.8) is 0 Å². The number of carboxylic acid groups (broad SMARTS) is 1. The summed E-state index contributed by atoms with van der Waals surface area (Å²) in [6, 6.07) is 7.97. The van der Waals surface area contributed by atoms with Crippen LogP contribution in [0, 0.1) is 0 Å². The molecule has 0 saturated carbocycles. The van der Waals surface area contributed by atoms with Crippen LogP contribution in [-0.2, 0) is 17.8 Å². The molecule has 0 aliphatic heterocycles. The number of carboxylic acids is 1. The minimum absolute atomic E-state index is 0. The van der Waals surface area contributed by atoms with Crippen LogP contribution in [0.5, 0.6) is 0 Å². The second-order valence-corrected chi connectivity index (χ2v) is 3.95. The van der Waals surface area contributed by atoms with Gasteiger partial charge in [-0.3, -0.25) is 4.79 Å². The Kier molecular flexibility index (Phi) is 8.86. The molecule has 0 saturated heterocycles. The van der Waals surface area contributed by atoms with Crippen molar-refractivity contribution < 1.29 is 9.90 Å². The van der Waals surface area contributed by atoms with Crippen molar-refractivity contribution >= 4 is 30.0 Å². The molecule has 0 aliphatic carbocycles. The van der Waals surface area contributed by atoms with Crippen molar-refractivity contribution in [1.82, 2.24) is 5.32 Å². The van der Waals surface area contributed by atoms with Gasteiger partial charge in [-0.2, -0.15) is 0 Å². The number of hydrogen-bond donors (Lipinski definition) is 2. The maximum Gasteiger partial charge on any atom is 0.303 e. The van der Waals surface area contributed by atoms with E-state index in [1.807, 2.05) is 24.3 Å². The zero-order valence-corrected chi connectivity index (χ0v) is 11.1. The third kappa shape index (κ3) is 7.21. The lowest BCUT2D eigenvalue weighted by molar-refractivity contribution is -0.136. The number of carbonyl (C=O) groups is 1. The van der Waals surface area contributed by atoms with E-state index < -0.39 is 5.97 Å². The maximum atomic E-state index is 10.4. The Morgan fingerprint density at radius 1 is 1.24 bits per heavy atom. The largest absolute Gasteiger partial charge is 0.481 e. The molecule has 5 heteroatoms. The third-order valence-corrected chi connectivity index (χ3v) is 2.44. The van der Waals surface area contributed by atoms with E-state index in [9.17, 15) is 4.79 Å². The Morgan fingerprint density at radius 2 is 1.82 bits per heavy atom. The molecule has 2 N–H and O–H groups in total. The molecular weight excluding hydrogens is 261 g/mol. The fraction of sp³-hybridized carbons (Fsp3) is 0.417. The molecule has 0 bridgehead atoms. The highest BCUT2D eigenvalue weighted by molar-refractivity contribution is 6.18. The summed E-state index contributed by atoms with van der Waals surface area (Å²) >= 11 is 5.55. The van der Waals surface area contributed by atoms with Gasteiger partial charge in [0.2, 0.25) is 0 Å². The Hall–Kier alpha value is -0.770. The summed E-state index contributed by atoms with van der Waals surface area (Å²) in [6.45, 7) is 1.59. The lowest BCUT2D eigenvalue weighted by atomic mass is 10.1. The molecule has 0 aliphatic rings. The van der Waals surface area contributed by atoms with Gasteiger partial charge in [0.05, 0.1) is 0 Å². The summed E-state index contributed by atoms with van der Waals surface area (Å²) in [6.07, 6.45) is 0.772. The van der Waals surface area contributed by atoms with Gasteiger partial charge in [-0.15, -0.1) is 24.0 Å². The Labute approximate surface area is 113 Å². The molecule has 96 valence electrons. The molecule has 0 amide bonds. The summed E-state index contributed by atoms with van der Waals surface area (Å²) in [5.41, 5.74) is 2.24. The number of nitrogens with one attached hydrogen (secondary N) is 1. The van der Waals surface area contributed by atoms with E-state index in [4.69, 9.17) is 16.7 Å². The van der Waals surface area contributed by atoms with Crippen molar-refractivity contribution in [2.24, 2.45) is 0 Å². The molecule has 0 radical (unpaired) electrons. The molecule has 0 atom stereocenters. The number of rotatable bonds is 7. The first-order chi connectivity index (χ1) is 7.72. The Balaban J connectivity index is 0.00000256. The van der Waals surface area contributed by atoms with Crippen LogP contribution in [0.25, 0.3) is 0 Å². The van der Waals surface area contributed by atoms with Crippen LogP contribution >= 0.6 is 24.0 Å². The summed E-state index contributed by atoms with van der Waals surface area (Å²) in [5, 5.41) is 11.7. The quantitative estimate of drug-likeness (QED) is 0.595. The zero-order valence-electron chi connectivity index (χ0n) is 9.49. The summed E-state index contributed by atoms with van der Waals surface area (Å²) in [5.74, 6) is -0.149. The molecule has 0 heterocycles. The third-order valence-electron chi connectivity index (χ3n) is 2.25. The molecule has 0 aromatic heterocycles. The second-order valence-electron chi connectivity index (χ2n) is 3.58. The van der Waals surface area contributed by atoms with E-state index in [1.54, 1.807) is 0 Å². The van der Waals surface area contributed by atoms with Crippen molar-refractivity contribution in [3.05, 3.63) is 35.4 Å². The van der Waals surface area contributed by atoms with E-state index in [2.05, 4.69) is 5.32 Å². The predicted molar refractivity (Wildman–Crippen MR) is 72.1 cm³/mol. The normalized spacial score (nSPS) is 9.71. The average Bonchev–Trinajstić information content (AvgIpc) is 2.28. The van der Waals surface area contributed by atoms with Gasteiger partial charge >= 0.3 is 5.97 Å². The number of halogens is 2. The topological polar surface area (TPSA) is 49.3 Å². The fourth-order valence-electron chi connectivity index (χ4n) is 1.37. The van der Waals surface area contributed by atoms with Crippen LogP contribution in [0.15, 0.2) is 24.3 Å². The van der Waals surface area contributed by atoms with Gasteiger partial charge in [0, 0.05) is 25.4 Å². The first-order valence-corrected chi connectivity index (χ1v) is 5.82. The van der Waals surface area contributed by atoms with Crippen molar-refractivity contribution in [1.29, 1.82) is 0 Å². The molecule has 1 aromatic rings. The zero-order chi connectivity index (χ0) is 11.8. The lowest BCUT2D eigenvalue weighted by Crippen LogP contribution is -2.15. The van der Waals surface area contributed by atoms with Gasteiger partial charge in [0.15, 0.2) is 0 Å². The predicted octanol–water partition coefficient (Wildman–Crippen LogP) is 2.45. The Morgan fingerprint density at radius 3 is 2.35 bits per heavy atom. The van der Waals surface area contributed by atoms with Crippen LogP contribution in [0.1, 0.15) is 17.5 Å². The molecule has 3 nitrogen and oxygen atoms in total. The van der Waals surface area contributed by atoms with Gasteiger partial charge in [0.1, 0.15) is 0 Å². The van der Waals surface area contributed by atoms with Crippen LogP contribution < -0.4 is 5.32 Å². The van der Waals surface area contributed by atoms with Crippen LogP contribution in [0.3, 0.4) is 0 Å². The van der Waals surface area contributed by atoms with E-state index >= 15 is 0 Å². The minimum atomic E-state index is -0.757. The van der Waals surface area contributed by atoms with Crippen LogP contribution in [0.2, 0.25) is 0 Å². The van der Waals surface area contributed by atoms with Crippen molar-refractivity contribution in [2.45, 2.75) is 19.4 Å². The van der Waals surface area contributed by atoms with Crippen molar-refractivity contribution in [3.8, 4) is 0 Å². The highest BCUT2D eigenvalue weighted by Gasteiger charge is 1.99. The van der Waals surface area contributed by atoms with Gasteiger partial charge in [-0.1, -0.05) is 24.3 Å². The minimum Gasteiger partial charge on any atom is -0.481 e. The van der Waals surface area contributed by atoms with Gasteiger partial charge in [0.25, 0.3) is 0 Å². The van der Waals surface area contributed by atoms with Crippen molar-refractivity contribution in [2.75, 3.05) is 12.4 Å². The van der Waals surface area contributed by atoms with E-state index in [1.165, 1.54) is 5.56 Å². The molecule has 0 fully saturated rings. The number of aliphatic carboxylic acids is 1. The molecule has 17 heavy (non-hydrogen) atoms. The monoisotopic (exact) mass is 277 g/mol. The van der Waals surface area contributed by atoms with Crippen LogP contribution in [0.4, 0.5) is 0 Å². The number of benzene rings is 1. The highest BCUT2D eigenvalue weighted by Crippen LogP contribution is 2.06. The smallest absolute Gasteiger partial charge is 0.303 e. The molecule has 1 rings (SSSR count).